The molecule has 0 bridgehead atoms. The first-order valence-corrected chi connectivity index (χ1v) is 10.3. The Balaban J connectivity index is 1.22. The Morgan fingerprint density at radius 1 is 0.724 bits per heavy atom. The van der Waals surface area contributed by atoms with Crippen LogP contribution in [0, 0.1) is 0 Å². The molecule has 0 aliphatic rings. The topological polar surface area (TPSA) is 43.6 Å². The quantitative estimate of drug-likeness (QED) is 0.343. The third-order valence-electron chi connectivity index (χ3n) is 5.18. The maximum absolute atomic E-state index is 4.25. The first kappa shape index (κ1) is 19.1. The van der Waals surface area contributed by atoms with Gasteiger partial charge in [-0.05, 0) is 48.1 Å². The zero-order valence-electron chi connectivity index (χ0n) is 16.6. The van der Waals surface area contributed by atoms with E-state index >= 15 is 0 Å². The molecule has 4 rings (SSSR count). The highest BCUT2D eigenvalue weighted by Gasteiger charge is 2.05. The lowest BCUT2D eigenvalue weighted by atomic mass is 9.96. The van der Waals surface area contributed by atoms with Crippen LogP contribution in [0.3, 0.4) is 0 Å². The highest BCUT2D eigenvalue weighted by atomic mass is 15.4. The summed E-state index contributed by atoms with van der Waals surface area (Å²) in [6, 6.07) is 23.4. The SMILES string of the molecule is c1ccc(-c2ccccc2CCCCCCn2cc(-c3cccnc3)nn2)cc1. The van der Waals surface area contributed by atoms with E-state index in [1.165, 1.54) is 36.0 Å². The van der Waals surface area contributed by atoms with E-state index < -0.39 is 0 Å². The fourth-order valence-corrected chi connectivity index (χ4v) is 3.63. The molecule has 0 aliphatic carbocycles. The minimum absolute atomic E-state index is 0.885. The summed E-state index contributed by atoms with van der Waals surface area (Å²) in [5, 5.41) is 8.49. The van der Waals surface area contributed by atoms with Gasteiger partial charge in [-0.15, -0.1) is 5.10 Å². The van der Waals surface area contributed by atoms with Crippen molar-refractivity contribution in [3.8, 4) is 22.4 Å². The van der Waals surface area contributed by atoms with Crippen molar-refractivity contribution < 1.29 is 0 Å². The van der Waals surface area contributed by atoms with Crippen molar-refractivity contribution >= 4 is 0 Å². The number of aryl methyl sites for hydroxylation is 2. The Morgan fingerprint density at radius 3 is 2.38 bits per heavy atom. The Labute approximate surface area is 172 Å². The summed E-state index contributed by atoms with van der Waals surface area (Å²) in [6.45, 7) is 0.911. The van der Waals surface area contributed by atoms with Crippen LogP contribution in [0.1, 0.15) is 31.2 Å². The molecule has 2 aromatic carbocycles. The number of nitrogens with zero attached hydrogens (tertiary/aromatic N) is 4. The van der Waals surface area contributed by atoms with Gasteiger partial charge in [-0.3, -0.25) is 9.67 Å². The molecule has 0 aliphatic heterocycles. The normalized spacial score (nSPS) is 10.9. The second kappa shape index (κ2) is 9.78. The molecule has 0 atom stereocenters. The maximum atomic E-state index is 4.25. The summed E-state index contributed by atoms with van der Waals surface area (Å²) in [6.07, 6.45) is 11.5. The molecule has 0 fully saturated rings. The zero-order chi connectivity index (χ0) is 19.7. The summed E-state index contributed by atoms with van der Waals surface area (Å²) in [5.41, 5.74) is 6.00. The van der Waals surface area contributed by atoms with Gasteiger partial charge in [0, 0.05) is 24.5 Å². The molecular formula is C25H26N4. The molecule has 0 radical (unpaired) electrons. The van der Waals surface area contributed by atoms with Gasteiger partial charge < -0.3 is 0 Å². The van der Waals surface area contributed by atoms with Crippen molar-refractivity contribution in [2.75, 3.05) is 0 Å². The minimum Gasteiger partial charge on any atom is -0.264 e. The lowest BCUT2D eigenvalue weighted by molar-refractivity contribution is 0.522. The van der Waals surface area contributed by atoms with E-state index in [0.29, 0.717) is 0 Å². The average Bonchev–Trinajstić information content (AvgIpc) is 3.27. The highest BCUT2D eigenvalue weighted by Crippen LogP contribution is 2.25. The molecule has 2 heterocycles. The smallest absolute Gasteiger partial charge is 0.114 e. The summed E-state index contributed by atoms with van der Waals surface area (Å²) >= 11 is 0. The van der Waals surface area contributed by atoms with Crippen LogP contribution >= 0.6 is 0 Å². The van der Waals surface area contributed by atoms with Crippen molar-refractivity contribution in [1.82, 2.24) is 20.0 Å². The second-order valence-corrected chi connectivity index (χ2v) is 7.30. The Bertz CT molecular complexity index is 1010. The van der Waals surface area contributed by atoms with Crippen LogP contribution in [0.5, 0.6) is 0 Å². The van der Waals surface area contributed by atoms with E-state index in [2.05, 4.69) is 69.9 Å². The first-order valence-electron chi connectivity index (χ1n) is 10.3. The van der Waals surface area contributed by atoms with Crippen molar-refractivity contribution in [3.05, 3.63) is 90.9 Å². The number of hydrogen-bond acceptors (Lipinski definition) is 3. The number of rotatable bonds is 9. The highest BCUT2D eigenvalue weighted by molar-refractivity contribution is 5.67. The van der Waals surface area contributed by atoms with Crippen LogP contribution in [0.2, 0.25) is 0 Å². The molecule has 2 aromatic heterocycles. The summed E-state index contributed by atoms with van der Waals surface area (Å²) < 4.78 is 1.94. The molecule has 0 unspecified atom stereocenters. The van der Waals surface area contributed by atoms with E-state index in [1.54, 1.807) is 6.20 Å². The van der Waals surface area contributed by atoms with Gasteiger partial charge >= 0.3 is 0 Å². The maximum Gasteiger partial charge on any atom is 0.114 e. The van der Waals surface area contributed by atoms with Crippen LogP contribution < -0.4 is 0 Å². The molecule has 0 amide bonds. The van der Waals surface area contributed by atoms with Gasteiger partial charge in [0.15, 0.2) is 0 Å². The van der Waals surface area contributed by atoms with E-state index in [9.17, 15) is 0 Å². The van der Waals surface area contributed by atoms with Crippen molar-refractivity contribution in [2.24, 2.45) is 0 Å². The molecule has 4 aromatic rings. The first-order chi connectivity index (χ1) is 14.4. The molecule has 29 heavy (non-hydrogen) atoms. The second-order valence-electron chi connectivity index (χ2n) is 7.30. The predicted molar refractivity (Wildman–Crippen MR) is 117 cm³/mol. The third-order valence-corrected chi connectivity index (χ3v) is 5.18. The number of pyridine rings is 1. The number of aromatic nitrogens is 4. The Morgan fingerprint density at radius 2 is 1.52 bits per heavy atom. The van der Waals surface area contributed by atoms with Crippen molar-refractivity contribution in [1.29, 1.82) is 0 Å². The Hall–Kier alpha value is -3.27. The van der Waals surface area contributed by atoms with Gasteiger partial charge in [0.05, 0.1) is 6.20 Å². The predicted octanol–water partition coefficient (Wildman–Crippen LogP) is 5.81. The standard InChI is InChI=1S/C25H26N4/c1(2-9-18-29-20-25(27-28-29)23-15-10-17-26-19-23)4-11-22-14-7-8-16-24(22)21-12-5-3-6-13-21/h3,5-8,10,12-17,19-20H,1-2,4,9,11,18H2. The van der Waals surface area contributed by atoms with Crippen LogP contribution in [0.25, 0.3) is 22.4 Å². The van der Waals surface area contributed by atoms with Crippen LogP contribution in [-0.2, 0) is 13.0 Å². The van der Waals surface area contributed by atoms with Crippen LogP contribution in [0.15, 0.2) is 85.3 Å². The number of unbranched alkanes of at least 4 members (excludes halogenated alkanes) is 3. The molecule has 4 heteroatoms. The number of benzene rings is 2. The fourth-order valence-electron chi connectivity index (χ4n) is 3.63. The van der Waals surface area contributed by atoms with Crippen molar-refractivity contribution in [3.63, 3.8) is 0 Å². The molecule has 0 N–H and O–H groups in total. The molecule has 0 saturated heterocycles. The van der Waals surface area contributed by atoms with Gasteiger partial charge in [0.1, 0.15) is 5.69 Å². The fraction of sp³-hybridized carbons (Fsp3) is 0.240. The molecule has 4 nitrogen and oxygen atoms in total. The van der Waals surface area contributed by atoms with Gasteiger partial charge in [-0.25, -0.2) is 0 Å². The van der Waals surface area contributed by atoms with E-state index in [4.69, 9.17) is 0 Å². The van der Waals surface area contributed by atoms with E-state index in [0.717, 1.165) is 30.6 Å². The lowest BCUT2D eigenvalue weighted by Gasteiger charge is -2.09. The Kier molecular flexibility index (Phi) is 6.43. The summed E-state index contributed by atoms with van der Waals surface area (Å²) in [7, 11) is 0. The van der Waals surface area contributed by atoms with Gasteiger partial charge in [-0.2, -0.15) is 0 Å². The van der Waals surface area contributed by atoms with Gasteiger partial charge in [0.2, 0.25) is 0 Å². The third kappa shape index (κ3) is 5.17. The van der Waals surface area contributed by atoms with Gasteiger partial charge in [0.25, 0.3) is 0 Å². The van der Waals surface area contributed by atoms with E-state index in [-0.39, 0.29) is 0 Å². The lowest BCUT2D eigenvalue weighted by Crippen LogP contribution is -1.99. The summed E-state index contributed by atoms with van der Waals surface area (Å²) in [4.78, 5) is 4.14. The number of hydrogen-bond donors (Lipinski definition) is 0. The summed E-state index contributed by atoms with van der Waals surface area (Å²) in [5.74, 6) is 0. The monoisotopic (exact) mass is 382 g/mol. The molecule has 0 spiro atoms. The van der Waals surface area contributed by atoms with Gasteiger partial charge in [-0.1, -0.05) is 72.7 Å². The van der Waals surface area contributed by atoms with Crippen LogP contribution in [0.4, 0.5) is 0 Å². The zero-order valence-corrected chi connectivity index (χ0v) is 16.6. The largest absolute Gasteiger partial charge is 0.264 e. The molecule has 0 saturated carbocycles. The van der Waals surface area contributed by atoms with Crippen LogP contribution in [-0.4, -0.2) is 20.0 Å². The van der Waals surface area contributed by atoms with E-state index in [1.807, 2.05) is 29.2 Å². The minimum atomic E-state index is 0.885. The van der Waals surface area contributed by atoms with Crippen molar-refractivity contribution in [2.45, 2.75) is 38.6 Å². The molecular weight excluding hydrogens is 356 g/mol. The average molecular weight is 383 g/mol. The molecule has 146 valence electrons.